The van der Waals surface area contributed by atoms with Gasteiger partial charge in [-0.3, -0.25) is 4.79 Å². The van der Waals surface area contributed by atoms with Gasteiger partial charge < -0.3 is 4.74 Å². The van der Waals surface area contributed by atoms with E-state index in [9.17, 15) is 4.79 Å². The van der Waals surface area contributed by atoms with Gasteiger partial charge in [0.2, 0.25) is 5.88 Å². The summed E-state index contributed by atoms with van der Waals surface area (Å²) in [5.74, 6) is 0.617. The molecule has 0 saturated heterocycles. The van der Waals surface area contributed by atoms with E-state index in [0.717, 1.165) is 0 Å². The molecule has 0 aromatic carbocycles. The molecule has 0 amide bonds. The third-order valence-electron chi connectivity index (χ3n) is 1.60. The predicted molar refractivity (Wildman–Crippen MR) is 52.5 cm³/mol. The normalized spacial score (nSPS) is 11.4. The highest BCUT2D eigenvalue weighted by Crippen LogP contribution is 2.25. The van der Waals surface area contributed by atoms with Crippen LogP contribution in [0.5, 0.6) is 5.88 Å². The van der Waals surface area contributed by atoms with Crippen molar-refractivity contribution in [1.29, 1.82) is 0 Å². The fraction of sp³-hybridized carbons (Fsp3) is 0.556. The third-order valence-corrected chi connectivity index (χ3v) is 2.37. The molecule has 0 bridgehead atoms. The van der Waals surface area contributed by atoms with Gasteiger partial charge in [-0.15, -0.1) is 0 Å². The lowest BCUT2D eigenvalue weighted by atomic mass is 9.90. The Morgan fingerprint density at radius 1 is 1.54 bits per heavy atom. The van der Waals surface area contributed by atoms with E-state index >= 15 is 0 Å². The summed E-state index contributed by atoms with van der Waals surface area (Å²) in [4.78, 5) is 12.4. The van der Waals surface area contributed by atoms with E-state index in [1.807, 2.05) is 20.8 Å². The van der Waals surface area contributed by atoms with Crippen molar-refractivity contribution < 1.29 is 9.53 Å². The molecule has 0 fully saturated rings. The maximum atomic E-state index is 11.7. The summed E-state index contributed by atoms with van der Waals surface area (Å²) in [6.07, 6.45) is 0. The average molecular weight is 199 g/mol. The summed E-state index contributed by atoms with van der Waals surface area (Å²) in [5, 5.41) is 0. The lowest BCUT2D eigenvalue weighted by molar-refractivity contribution is 0.0862. The predicted octanol–water partition coefficient (Wildman–Crippen LogP) is 2.38. The topological polar surface area (TPSA) is 39.2 Å². The van der Waals surface area contributed by atoms with Crippen LogP contribution in [0, 0.1) is 5.41 Å². The smallest absolute Gasteiger partial charge is 0.225 e. The van der Waals surface area contributed by atoms with Crippen LogP contribution >= 0.6 is 11.5 Å². The van der Waals surface area contributed by atoms with Gasteiger partial charge in [-0.2, -0.15) is 4.37 Å². The van der Waals surface area contributed by atoms with Crippen LogP contribution in [0.15, 0.2) is 6.07 Å². The van der Waals surface area contributed by atoms with Crippen LogP contribution in [0.1, 0.15) is 30.4 Å². The first kappa shape index (κ1) is 10.2. The van der Waals surface area contributed by atoms with Crippen LogP contribution in [-0.4, -0.2) is 17.3 Å². The Hall–Kier alpha value is -0.900. The summed E-state index contributed by atoms with van der Waals surface area (Å²) < 4.78 is 8.87. The van der Waals surface area contributed by atoms with Crippen LogP contribution in [0.25, 0.3) is 0 Å². The number of aromatic nitrogens is 1. The quantitative estimate of drug-likeness (QED) is 0.686. The molecule has 0 radical (unpaired) electrons. The Morgan fingerprint density at radius 3 is 2.54 bits per heavy atom. The summed E-state index contributed by atoms with van der Waals surface area (Å²) >= 11 is 1.18. The van der Waals surface area contributed by atoms with Crippen LogP contribution in [0.3, 0.4) is 0 Å². The van der Waals surface area contributed by atoms with Crippen molar-refractivity contribution in [3.8, 4) is 5.88 Å². The molecule has 0 spiro atoms. The minimum atomic E-state index is -0.350. The molecule has 4 heteroatoms. The lowest BCUT2D eigenvalue weighted by Gasteiger charge is -2.13. The van der Waals surface area contributed by atoms with E-state index in [2.05, 4.69) is 4.37 Å². The number of carbonyl (C=O) groups is 1. The molecule has 3 nitrogen and oxygen atoms in total. The zero-order chi connectivity index (χ0) is 10.1. The SMILES string of the molecule is COc1cc(C(=O)C(C)(C)C)sn1. The van der Waals surface area contributed by atoms with Gasteiger partial charge in [0.15, 0.2) is 5.78 Å². The maximum Gasteiger partial charge on any atom is 0.225 e. The third kappa shape index (κ3) is 2.28. The summed E-state index contributed by atoms with van der Waals surface area (Å²) in [6.45, 7) is 5.67. The first-order valence-corrected chi connectivity index (χ1v) is 4.78. The number of ketones is 1. The highest BCUT2D eigenvalue weighted by molar-refractivity contribution is 7.08. The van der Waals surface area contributed by atoms with Gasteiger partial charge >= 0.3 is 0 Å². The molecular weight excluding hydrogens is 186 g/mol. The minimum Gasteiger partial charge on any atom is -0.480 e. The molecule has 72 valence electrons. The molecule has 1 rings (SSSR count). The van der Waals surface area contributed by atoms with E-state index < -0.39 is 0 Å². The van der Waals surface area contributed by atoms with Crippen LogP contribution in [0.4, 0.5) is 0 Å². The molecule has 0 aliphatic carbocycles. The number of methoxy groups -OCH3 is 1. The van der Waals surface area contributed by atoms with Crippen molar-refractivity contribution in [1.82, 2.24) is 4.37 Å². The summed E-state index contributed by atoms with van der Waals surface area (Å²) in [6, 6.07) is 1.68. The number of ether oxygens (including phenoxy) is 1. The number of rotatable bonds is 2. The molecule has 0 saturated carbocycles. The number of Topliss-reactive ketones (excluding diaryl/α,β-unsaturated/α-hetero) is 1. The van der Waals surface area contributed by atoms with Crippen molar-refractivity contribution in [2.24, 2.45) is 5.41 Å². The second-order valence-corrected chi connectivity index (χ2v) is 4.62. The van der Waals surface area contributed by atoms with Gasteiger partial charge in [0, 0.05) is 11.5 Å². The number of hydrogen-bond acceptors (Lipinski definition) is 4. The molecule has 13 heavy (non-hydrogen) atoms. The van der Waals surface area contributed by atoms with Gasteiger partial charge in [0.1, 0.15) is 0 Å². The first-order chi connectivity index (χ1) is 5.95. The Balaban J connectivity index is 2.90. The van der Waals surface area contributed by atoms with Crippen molar-refractivity contribution in [3.63, 3.8) is 0 Å². The van der Waals surface area contributed by atoms with Gasteiger partial charge in [-0.05, 0) is 11.5 Å². The zero-order valence-electron chi connectivity index (χ0n) is 8.25. The fourth-order valence-corrected chi connectivity index (χ4v) is 1.69. The minimum absolute atomic E-state index is 0.105. The molecule has 0 aliphatic rings. The van der Waals surface area contributed by atoms with Crippen molar-refractivity contribution in [2.75, 3.05) is 7.11 Å². The molecule has 1 aromatic heterocycles. The van der Waals surface area contributed by atoms with Crippen molar-refractivity contribution in [3.05, 3.63) is 10.9 Å². The van der Waals surface area contributed by atoms with E-state index in [4.69, 9.17) is 4.74 Å². The van der Waals surface area contributed by atoms with Gasteiger partial charge in [-0.1, -0.05) is 20.8 Å². The first-order valence-electron chi connectivity index (χ1n) is 4.00. The van der Waals surface area contributed by atoms with Crippen LogP contribution in [-0.2, 0) is 0 Å². The van der Waals surface area contributed by atoms with Gasteiger partial charge in [0.25, 0.3) is 0 Å². The second-order valence-electron chi connectivity index (χ2n) is 3.81. The highest BCUT2D eigenvalue weighted by Gasteiger charge is 2.24. The van der Waals surface area contributed by atoms with Crippen molar-refractivity contribution in [2.45, 2.75) is 20.8 Å². The molecule has 1 aromatic rings. The molecule has 0 N–H and O–H groups in total. The Labute approximate surface area is 81.9 Å². The number of nitrogens with zero attached hydrogens (tertiary/aromatic N) is 1. The van der Waals surface area contributed by atoms with Crippen LogP contribution < -0.4 is 4.74 Å². The Kier molecular flexibility index (Phi) is 2.71. The maximum absolute atomic E-state index is 11.7. The Morgan fingerprint density at radius 2 is 2.15 bits per heavy atom. The number of hydrogen-bond donors (Lipinski definition) is 0. The highest BCUT2D eigenvalue weighted by atomic mass is 32.1. The molecule has 0 unspecified atom stereocenters. The van der Waals surface area contributed by atoms with Gasteiger partial charge in [0.05, 0.1) is 12.0 Å². The molecule has 0 aliphatic heterocycles. The molecule has 1 heterocycles. The standard InChI is InChI=1S/C9H13NO2S/c1-9(2,3)8(11)6-5-7(12-4)10-13-6/h5H,1-4H3. The van der Waals surface area contributed by atoms with E-state index in [1.165, 1.54) is 11.5 Å². The Bertz CT molecular complexity index is 312. The second kappa shape index (κ2) is 3.46. The molecular formula is C9H13NO2S. The lowest BCUT2D eigenvalue weighted by Crippen LogP contribution is -2.18. The van der Waals surface area contributed by atoms with Crippen molar-refractivity contribution >= 4 is 17.3 Å². The fourth-order valence-electron chi connectivity index (χ4n) is 0.832. The summed E-state index contributed by atoms with van der Waals surface area (Å²) in [7, 11) is 1.54. The molecule has 0 atom stereocenters. The summed E-state index contributed by atoms with van der Waals surface area (Å²) in [5.41, 5.74) is -0.350. The average Bonchev–Trinajstić information content (AvgIpc) is 2.48. The van der Waals surface area contributed by atoms with E-state index in [-0.39, 0.29) is 11.2 Å². The van der Waals surface area contributed by atoms with E-state index in [1.54, 1.807) is 13.2 Å². The van der Waals surface area contributed by atoms with E-state index in [0.29, 0.717) is 10.8 Å². The largest absolute Gasteiger partial charge is 0.480 e. The van der Waals surface area contributed by atoms with Gasteiger partial charge in [-0.25, -0.2) is 0 Å². The zero-order valence-corrected chi connectivity index (χ0v) is 9.07. The monoisotopic (exact) mass is 199 g/mol. The van der Waals surface area contributed by atoms with Crippen LogP contribution in [0.2, 0.25) is 0 Å². The number of carbonyl (C=O) groups excluding carboxylic acids is 1.